The van der Waals surface area contributed by atoms with Crippen LogP contribution in [-0.4, -0.2) is 67.4 Å². The van der Waals surface area contributed by atoms with Crippen LogP contribution < -0.4 is 10.5 Å². The quantitative estimate of drug-likeness (QED) is 0.619. The molecule has 6 heteroatoms. The van der Waals surface area contributed by atoms with E-state index in [0.29, 0.717) is 10.7 Å². The molecule has 1 saturated heterocycles. The number of aliphatic hydroxyl groups is 1. The van der Waals surface area contributed by atoms with Crippen molar-refractivity contribution in [2.24, 2.45) is 0 Å². The highest BCUT2D eigenvalue weighted by atomic mass is 35.5. The number of benzene rings is 2. The van der Waals surface area contributed by atoms with Crippen molar-refractivity contribution in [1.82, 2.24) is 9.80 Å². The predicted molar refractivity (Wildman–Crippen MR) is 133 cm³/mol. The average molecular weight is 458 g/mol. The van der Waals surface area contributed by atoms with E-state index >= 15 is 0 Å². The maximum atomic E-state index is 11.8. The molecular weight excluding hydrogens is 422 g/mol. The largest absolute Gasteiger partial charge is 0.496 e. The molecule has 3 N–H and O–H groups in total. The molecule has 1 saturated carbocycles. The second kappa shape index (κ2) is 10.0. The van der Waals surface area contributed by atoms with Gasteiger partial charge in [0.1, 0.15) is 5.75 Å². The molecule has 2 aliphatic rings. The predicted octanol–water partition coefficient (Wildman–Crippen LogP) is 4.62. The molecule has 1 unspecified atom stereocenters. The first-order valence-electron chi connectivity index (χ1n) is 11.8. The summed E-state index contributed by atoms with van der Waals surface area (Å²) in [5.74, 6) is 0.852. The van der Waals surface area contributed by atoms with Gasteiger partial charge in [0, 0.05) is 44.2 Å². The van der Waals surface area contributed by atoms with Crippen molar-refractivity contribution >= 4 is 17.3 Å². The van der Waals surface area contributed by atoms with Crippen LogP contribution in [-0.2, 0) is 0 Å². The van der Waals surface area contributed by atoms with Gasteiger partial charge in [-0.05, 0) is 55.3 Å². The van der Waals surface area contributed by atoms with Gasteiger partial charge in [-0.25, -0.2) is 0 Å². The number of likely N-dealkylation sites (N-methyl/N-ethyl adjacent to an activating group) is 1. The van der Waals surface area contributed by atoms with Gasteiger partial charge in [-0.15, -0.1) is 0 Å². The summed E-state index contributed by atoms with van der Waals surface area (Å²) in [5, 5.41) is 12.4. The molecule has 4 rings (SSSR count). The molecule has 0 spiro atoms. The molecule has 2 aromatic rings. The lowest BCUT2D eigenvalue weighted by Crippen LogP contribution is -2.50. The molecular formula is C26H36ClN3O2. The fourth-order valence-corrected chi connectivity index (χ4v) is 5.38. The number of piperazine rings is 1. The van der Waals surface area contributed by atoms with E-state index in [1.54, 1.807) is 7.11 Å². The van der Waals surface area contributed by atoms with Gasteiger partial charge < -0.3 is 25.4 Å². The zero-order valence-corrected chi connectivity index (χ0v) is 20.1. The minimum absolute atomic E-state index is 0.0560. The fourth-order valence-electron chi connectivity index (χ4n) is 5.27. The fraction of sp³-hybridized carbons (Fsp3) is 0.538. The van der Waals surface area contributed by atoms with Crippen LogP contribution in [0.4, 0.5) is 5.69 Å². The van der Waals surface area contributed by atoms with Gasteiger partial charge in [0.25, 0.3) is 0 Å². The summed E-state index contributed by atoms with van der Waals surface area (Å²) in [6, 6.07) is 12.1. The number of hydrogen-bond acceptors (Lipinski definition) is 5. The SMILES string of the molecule is COc1ccc(C(CN2CCN(C)CC2)C2(O)CCCCC2)cc1-c1ccc(Cl)c(N)c1. The first-order chi connectivity index (χ1) is 15.4. The monoisotopic (exact) mass is 457 g/mol. The van der Waals surface area contributed by atoms with Crippen molar-refractivity contribution < 1.29 is 9.84 Å². The molecule has 1 atom stereocenters. The second-order valence-corrected chi connectivity index (χ2v) is 9.92. The van der Waals surface area contributed by atoms with Gasteiger partial charge in [0.15, 0.2) is 0 Å². The molecule has 0 bridgehead atoms. The molecule has 0 radical (unpaired) electrons. The maximum Gasteiger partial charge on any atom is 0.126 e. The van der Waals surface area contributed by atoms with Crippen LogP contribution in [0.1, 0.15) is 43.6 Å². The van der Waals surface area contributed by atoms with Crippen LogP contribution in [0.15, 0.2) is 36.4 Å². The van der Waals surface area contributed by atoms with Crippen molar-refractivity contribution in [3.63, 3.8) is 0 Å². The Morgan fingerprint density at radius 1 is 1.06 bits per heavy atom. The Labute approximate surface area is 197 Å². The van der Waals surface area contributed by atoms with Crippen molar-refractivity contribution in [2.45, 2.75) is 43.6 Å². The van der Waals surface area contributed by atoms with E-state index in [0.717, 1.165) is 80.8 Å². The van der Waals surface area contributed by atoms with Crippen LogP contribution in [0.5, 0.6) is 5.75 Å². The number of methoxy groups -OCH3 is 1. The molecule has 1 heterocycles. The highest BCUT2D eigenvalue weighted by molar-refractivity contribution is 6.33. The summed E-state index contributed by atoms with van der Waals surface area (Å²) in [6.07, 6.45) is 5.11. The number of anilines is 1. The van der Waals surface area contributed by atoms with Gasteiger partial charge in [-0.3, -0.25) is 0 Å². The number of nitrogen functional groups attached to an aromatic ring is 1. The first kappa shape index (κ1) is 23.4. The third-order valence-electron chi connectivity index (χ3n) is 7.34. The Hall–Kier alpha value is -1.79. The van der Waals surface area contributed by atoms with E-state index in [2.05, 4.69) is 29.0 Å². The van der Waals surface area contributed by atoms with Crippen LogP contribution in [0.2, 0.25) is 5.02 Å². The van der Waals surface area contributed by atoms with E-state index in [9.17, 15) is 5.11 Å². The Bertz CT molecular complexity index is 921. The molecule has 1 aliphatic heterocycles. The summed E-state index contributed by atoms with van der Waals surface area (Å²) < 4.78 is 5.68. The Morgan fingerprint density at radius 3 is 2.44 bits per heavy atom. The third kappa shape index (κ3) is 5.07. The molecule has 2 aromatic carbocycles. The summed E-state index contributed by atoms with van der Waals surface area (Å²) in [5.41, 5.74) is 9.09. The number of ether oxygens (including phenoxy) is 1. The normalized spacial score (nSPS) is 20.8. The van der Waals surface area contributed by atoms with Crippen LogP contribution in [0, 0.1) is 0 Å². The number of nitrogens with two attached hydrogens (primary N) is 1. The lowest BCUT2D eigenvalue weighted by atomic mass is 9.72. The minimum atomic E-state index is -0.674. The number of nitrogens with zero attached hydrogens (tertiary/aromatic N) is 2. The number of hydrogen-bond donors (Lipinski definition) is 2. The summed E-state index contributed by atoms with van der Waals surface area (Å²) >= 11 is 6.16. The van der Waals surface area contributed by atoms with E-state index in [4.69, 9.17) is 22.1 Å². The van der Waals surface area contributed by atoms with Crippen LogP contribution in [0.3, 0.4) is 0 Å². The Kier molecular flexibility index (Phi) is 7.30. The van der Waals surface area contributed by atoms with Crippen molar-refractivity contribution in [3.05, 3.63) is 47.0 Å². The first-order valence-corrected chi connectivity index (χ1v) is 12.1. The lowest BCUT2D eigenvalue weighted by Gasteiger charge is -2.43. The van der Waals surface area contributed by atoms with Gasteiger partial charge >= 0.3 is 0 Å². The molecule has 174 valence electrons. The van der Waals surface area contributed by atoms with E-state index in [1.807, 2.05) is 24.3 Å². The van der Waals surface area contributed by atoms with Gasteiger partial charge in [0.2, 0.25) is 0 Å². The highest BCUT2D eigenvalue weighted by Gasteiger charge is 2.40. The molecule has 5 nitrogen and oxygen atoms in total. The maximum absolute atomic E-state index is 11.8. The van der Waals surface area contributed by atoms with E-state index < -0.39 is 5.60 Å². The topological polar surface area (TPSA) is 62.0 Å². The molecule has 1 aliphatic carbocycles. The van der Waals surface area contributed by atoms with E-state index in [-0.39, 0.29) is 5.92 Å². The van der Waals surface area contributed by atoms with Gasteiger partial charge in [-0.1, -0.05) is 43.0 Å². The molecule has 0 aromatic heterocycles. The van der Waals surface area contributed by atoms with Crippen LogP contribution in [0.25, 0.3) is 11.1 Å². The number of halogens is 1. The molecule has 2 fully saturated rings. The average Bonchev–Trinajstić information content (AvgIpc) is 2.80. The summed E-state index contributed by atoms with van der Waals surface area (Å²) in [6.45, 7) is 5.10. The van der Waals surface area contributed by atoms with Gasteiger partial charge in [-0.2, -0.15) is 0 Å². The Morgan fingerprint density at radius 2 is 1.78 bits per heavy atom. The zero-order valence-electron chi connectivity index (χ0n) is 19.3. The summed E-state index contributed by atoms with van der Waals surface area (Å²) in [4.78, 5) is 4.89. The standard InChI is InChI=1S/C26H36ClN3O2/c1-29-12-14-30(15-13-29)18-22(26(31)10-4-3-5-11-26)20-7-9-25(32-2)21(16-20)19-6-8-23(27)24(28)17-19/h6-9,16-17,22,31H,3-5,10-15,18,28H2,1-2H3. The smallest absolute Gasteiger partial charge is 0.126 e. The van der Waals surface area contributed by atoms with Crippen molar-refractivity contribution in [1.29, 1.82) is 0 Å². The van der Waals surface area contributed by atoms with Crippen molar-refractivity contribution in [2.75, 3.05) is 52.6 Å². The van der Waals surface area contributed by atoms with Gasteiger partial charge in [0.05, 0.1) is 23.4 Å². The van der Waals surface area contributed by atoms with Crippen LogP contribution >= 0.6 is 11.6 Å². The lowest BCUT2D eigenvalue weighted by molar-refractivity contribution is -0.0337. The highest BCUT2D eigenvalue weighted by Crippen LogP contribution is 2.43. The second-order valence-electron chi connectivity index (χ2n) is 9.52. The summed E-state index contributed by atoms with van der Waals surface area (Å²) in [7, 11) is 3.87. The van der Waals surface area contributed by atoms with Crippen molar-refractivity contribution in [3.8, 4) is 16.9 Å². The number of rotatable bonds is 6. The third-order valence-corrected chi connectivity index (χ3v) is 7.68. The molecule has 0 amide bonds. The van der Waals surface area contributed by atoms with E-state index in [1.165, 1.54) is 6.42 Å². The molecule has 32 heavy (non-hydrogen) atoms. The minimum Gasteiger partial charge on any atom is -0.496 e. The Balaban J connectivity index is 1.72. The zero-order chi connectivity index (χ0) is 22.7.